The third-order valence-electron chi connectivity index (χ3n) is 2.50. The maximum atomic E-state index is 11.6. The lowest BCUT2D eigenvalue weighted by molar-refractivity contribution is -0.117. The number of amides is 3. The molecule has 0 heterocycles. The first-order valence-corrected chi connectivity index (χ1v) is 7.70. The Morgan fingerprint density at radius 3 is 2.32 bits per heavy atom. The van der Waals surface area contributed by atoms with E-state index in [0.717, 1.165) is 12.8 Å². The molecule has 0 aliphatic carbocycles. The topological polar surface area (TPSA) is 76.7 Å². The molecule has 0 radical (unpaired) electrons. The summed E-state index contributed by atoms with van der Waals surface area (Å²) in [6, 6.07) is 4.41. The Balaban J connectivity index is 2.78. The van der Waals surface area contributed by atoms with Gasteiger partial charge in [0.05, 0.1) is 13.2 Å². The van der Waals surface area contributed by atoms with Gasteiger partial charge >= 0.3 is 6.03 Å². The average Bonchev–Trinajstić information content (AvgIpc) is 2.51. The molecule has 0 aromatic heterocycles. The lowest BCUT2D eigenvalue weighted by Gasteiger charge is -2.14. The van der Waals surface area contributed by atoms with E-state index >= 15 is 0 Å². The number of anilines is 1. The standard InChI is InChI=1S/C15H21ClN2O4/c1-3-7-21-12-6-5-11(9-13(12)22-8-4-2)17-15(20)18-14(19)10-16/h5-6,9H,3-4,7-8,10H2,1-2H3,(H2,17,18,19,20). The van der Waals surface area contributed by atoms with Crippen LogP contribution in [0.5, 0.6) is 11.5 Å². The maximum Gasteiger partial charge on any atom is 0.325 e. The van der Waals surface area contributed by atoms with E-state index in [1.54, 1.807) is 18.2 Å². The van der Waals surface area contributed by atoms with Gasteiger partial charge in [0.25, 0.3) is 0 Å². The monoisotopic (exact) mass is 328 g/mol. The molecule has 2 N–H and O–H groups in total. The average molecular weight is 329 g/mol. The van der Waals surface area contributed by atoms with Crippen LogP contribution in [-0.2, 0) is 4.79 Å². The minimum atomic E-state index is -0.644. The first kappa shape index (κ1) is 18.1. The molecule has 0 fully saturated rings. The molecular weight excluding hydrogens is 308 g/mol. The number of halogens is 1. The maximum absolute atomic E-state index is 11.6. The molecule has 0 aliphatic heterocycles. The fourth-order valence-electron chi connectivity index (χ4n) is 1.56. The van der Waals surface area contributed by atoms with Crippen LogP contribution in [0.1, 0.15) is 26.7 Å². The third kappa shape index (κ3) is 6.22. The quantitative estimate of drug-likeness (QED) is 0.719. The summed E-state index contributed by atoms with van der Waals surface area (Å²) in [5.41, 5.74) is 0.495. The van der Waals surface area contributed by atoms with Crippen LogP contribution in [0.4, 0.5) is 10.5 Å². The highest BCUT2D eigenvalue weighted by atomic mass is 35.5. The second-order valence-corrected chi connectivity index (χ2v) is 4.76. The summed E-state index contributed by atoms with van der Waals surface area (Å²) in [5, 5.41) is 4.64. The van der Waals surface area contributed by atoms with Gasteiger partial charge in [0.15, 0.2) is 11.5 Å². The Bertz CT molecular complexity index is 508. The number of hydrogen-bond acceptors (Lipinski definition) is 4. The predicted molar refractivity (Wildman–Crippen MR) is 85.9 cm³/mol. The molecule has 0 aliphatic rings. The van der Waals surface area contributed by atoms with Gasteiger partial charge in [-0.1, -0.05) is 13.8 Å². The van der Waals surface area contributed by atoms with E-state index in [1.807, 2.05) is 13.8 Å². The number of imide groups is 1. The molecule has 0 atom stereocenters. The van der Waals surface area contributed by atoms with E-state index in [1.165, 1.54) is 0 Å². The Hall–Kier alpha value is -1.95. The molecule has 1 aromatic carbocycles. The van der Waals surface area contributed by atoms with Crippen LogP contribution >= 0.6 is 11.6 Å². The van der Waals surface area contributed by atoms with Crippen LogP contribution in [0.2, 0.25) is 0 Å². The van der Waals surface area contributed by atoms with Gasteiger partial charge in [0.1, 0.15) is 5.88 Å². The smallest absolute Gasteiger partial charge is 0.325 e. The minimum absolute atomic E-state index is 0.276. The first-order valence-electron chi connectivity index (χ1n) is 7.17. The normalized spacial score (nSPS) is 9.95. The summed E-state index contributed by atoms with van der Waals surface area (Å²) in [5.74, 6) is 0.335. The number of carbonyl (C=O) groups excluding carboxylic acids is 2. The molecule has 122 valence electrons. The number of carbonyl (C=O) groups is 2. The summed E-state index contributed by atoms with van der Waals surface area (Å²) in [6.45, 7) is 5.14. The zero-order chi connectivity index (χ0) is 16.4. The van der Waals surface area contributed by atoms with Crippen LogP contribution in [0.25, 0.3) is 0 Å². The molecule has 1 rings (SSSR count). The summed E-state index contributed by atoms with van der Waals surface area (Å²) in [6.07, 6.45) is 1.74. The summed E-state index contributed by atoms with van der Waals surface area (Å²) in [7, 11) is 0. The third-order valence-corrected chi connectivity index (χ3v) is 2.74. The largest absolute Gasteiger partial charge is 0.490 e. The van der Waals surface area contributed by atoms with Gasteiger partial charge in [0.2, 0.25) is 5.91 Å². The minimum Gasteiger partial charge on any atom is -0.490 e. The summed E-state index contributed by atoms with van der Waals surface area (Å²) >= 11 is 5.32. The molecular formula is C15H21ClN2O4. The van der Waals surface area contributed by atoms with Crippen molar-refractivity contribution < 1.29 is 19.1 Å². The molecule has 0 saturated heterocycles. The fraction of sp³-hybridized carbons (Fsp3) is 0.467. The van der Waals surface area contributed by atoms with E-state index < -0.39 is 11.9 Å². The van der Waals surface area contributed by atoms with Crippen molar-refractivity contribution >= 4 is 29.2 Å². The molecule has 1 aromatic rings. The Morgan fingerprint density at radius 1 is 1.09 bits per heavy atom. The number of ether oxygens (including phenoxy) is 2. The lowest BCUT2D eigenvalue weighted by atomic mass is 10.2. The molecule has 0 bridgehead atoms. The molecule has 0 spiro atoms. The van der Waals surface area contributed by atoms with Crippen LogP contribution in [0.15, 0.2) is 18.2 Å². The van der Waals surface area contributed by atoms with Crippen molar-refractivity contribution in [2.75, 3.05) is 24.4 Å². The fourth-order valence-corrected chi connectivity index (χ4v) is 1.63. The molecule has 22 heavy (non-hydrogen) atoms. The Kier molecular flexibility index (Phi) is 8.14. The van der Waals surface area contributed by atoms with E-state index in [0.29, 0.717) is 30.4 Å². The number of alkyl halides is 1. The van der Waals surface area contributed by atoms with E-state index in [9.17, 15) is 9.59 Å². The van der Waals surface area contributed by atoms with Crippen molar-refractivity contribution in [3.63, 3.8) is 0 Å². The number of urea groups is 1. The van der Waals surface area contributed by atoms with Crippen molar-refractivity contribution in [2.45, 2.75) is 26.7 Å². The predicted octanol–water partition coefficient (Wildman–Crippen LogP) is 3.15. The summed E-state index contributed by atoms with van der Waals surface area (Å²) < 4.78 is 11.2. The Morgan fingerprint density at radius 2 is 1.73 bits per heavy atom. The zero-order valence-corrected chi connectivity index (χ0v) is 13.5. The van der Waals surface area contributed by atoms with Gasteiger partial charge in [0, 0.05) is 11.8 Å². The molecule has 6 nitrogen and oxygen atoms in total. The van der Waals surface area contributed by atoms with E-state index in [2.05, 4.69) is 10.6 Å². The SMILES string of the molecule is CCCOc1ccc(NC(=O)NC(=O)CCl)cc1OCCC. The van der Waals surface area contributed by atoms with Crippen molar-refractivity contribution in [3.8, 4) is 11.5 Å². The Labute approximate surface area is 135 Å². The van der Waals surface area contributed by atoms with E-state index in [4.69, 9.17) is 21.1 Å². The second-order valence-electron chi connectivity index (χ2n) is 4.49. The number of nitrogens with one attached hydrogen (secondary N) is 2. The highest BCUT2D eigenvalue weighted by Gasteiger charge is 2.10. The van der Waals surface area contributed by atoms with Gasteiger partial charge in [-0.05, 0) is 25.0 Å². The first-order chi connectivity index (χ1) is 10.6. The van der Waals surface area contributed by atoms with Gasteiger partial charge in [-0.2, -0.15) is 0 Å². The van der Waals surface area contributed by atoms with E-state index in [-0.39, 0.29) is 5.88 Å². The van der Waals surface area contributed by atoms with Gasteiger partial charge in [-0.25, -0.2) is 4.79 Å². The van der Waals surface area contributed by atoms with Gasteiger partial charge in [-0.3, -0.25) is 10.1 Å². The van der Waals surface area contributed by atoms with Crippen molar-refractivity contribution in [1.29, 1.82) is 0 Å². The van der Waals surface area contributed by atoms with Crippen LogP contribution < -0.4 is 20.1 Å². The highest BCUT2D eigenvalue weighted by molar-refractivity contribution is 6.28. The van der Waals surface area contributed by atoms with Crippen LogP contribution in [0, 0.1) is 0 Å². The zero-order valence-electron chi connectivity index (χ0n) is 12.8. The number of rotatable bonds is 8. The van der Waals surface area contributed by atoms with Gasteiger partial charge < -0.3 is 14.8 Å². The van der Waals surface area contributed by atoms with Crippen molar-refractivity contribution in [3.05, 3.63) is 18.2 Å². The second kappa shape index (κ2) is 9.89. The van der Waals surface area contributed by atoms with Crippen molar-refractivity contribution in [2.24, 2.45) is 0 Å². The number of hydrogen-bond donors (Lipinski definition) is 2. The highest BCUT2D eigenvalue weighted by Crippen LogP contribution is 2.30. The lowest BCUT2D eigenvalue weighted by Crippen LogP contribution is -2.35. The molecule has 7 heteroatoms. The van der Waals surface area contributed by atoms with Crippen molar-refractivity contribution in [1.82, 2.24) is 5.32 Å². The molecule has 0 saturated carbocycles. The van der Waals surface area contributed by atoms with Crippen LogP contribution in [0.3, 0.4) is 0 Å². The summed E-state index contributed by atoms with van der Waals surface area (Å²) in [4.78, 5) is 22.6. The molecule has 3 amide bonds. The van der Waals surface area contributed by atoms with Crippen LogP contribution in [-0.4, -0.2) is 31.0 Å². The molecule has 0 unspecified atom stereocenters. The van der Waals surface area contributed by atoms with Gasteiger partial charge in [-0.15, -0.1) is 11.6 Å². The number of benzene rings is 1.